The number of nitrogens with zero attached hydrogens (tertiary/aromatic N) is 2. The Morgan fingerprint density at radius 1 is 1.75 bits per heavy atom. The number of methoxy groups -OCH3 is 1. The minimum absolute atomic E-state index is 0.0650. The van der Waals surface area contributed by atoms with Crippen LogP contribution in [0.3, 0.4) is 0 Å². The number of aromatic nitrogens is 2. The smallest absolute Gasteiger partial charge is 0.242 e. The molecule has 1 unspecified atom stereocenters. The highest BCUT2D eigenvalue weighted by Crippen LogP contribution is 2.09. The highest BCUT2D eigenvalue weighted by atomic mass is 16.5. The van der Waals surface area contributed by atoms with Crippen molar-refractivity contribution in [2.24, 2.45) is 5.73 Å². The Labute approximate surface area is 94.8 Å². The zero-order valence-electron chi connectivity index (χ0n) is 9.64. The van der Waals surface area contributed by atoms with Gasteiger partial charge in [-0.05, 0) is 6.92 Å². The molecule has 6 heteroatoms. The van der Waals surface area contributed by atoms with Gasteiger partial charge >= 0.3 is 0 Å². The normalized spacial score (nSPS) is 12.4. The van der Waals surface area contributed by atoms with Gasteiger partial charge in [0, 0.05) is 26.4 Å². The Morgan fingerprint density at radius 3 is 3.12 bits per heavy atom. The molecular formula is C10H18N4O2. The first-order chi connectivity index (χ1) is 7.70. The lowest BCUT2D eigenvalue weighted by molar-refractivity contribution is -0.124. The van der Waals surface area contributed by atoms with E-state index in [4.69, 9.17) is 10.5 Å². The number of ether oxygens (including phenoxy) is 1. The molecule has 1 aromatic heterocycles. The van der Waals surface area contributed by atoms with E-state index in [9.17, 15) is 4.79 Å². The van der Waals surface area contributed by atoms with Crippen LogP contribution in [-0.4, -0.2) is 35.7 Å². The Morgan fingerprint density at radius 2 is 2.50 bits per heavy atom. The van der Waals surface area contributed by atoms with E-state index in [1.807, 2.05) is 6.92 Å². The quantitative estimate of drug-likeness (QED) is 0.650. The fraction of sp³-hybridized carbons (Fsp3) is 0.600. The monoisotopic (exact) mass is 226 g/mol. The zero-order valence-corrected chi connectivity index (χ0v) is 9.64. The first-order valence-corrected chi connectivity index (χ1v) is 5.18. The number of amides is 1. The lowest BCUT2D eigenvalue weighted by Gasteiger charge is -2.15. The van der Waals surface area contributed by atoms with E-state index in [0.717, 1.165) is 5.69 Å². The summed E-state index contributed by atoms with van der Waals surface area (Å²) in [4.78, 5) is 15.7. The predicted molar refractivity (Wildman–Crippen MR) is 59.7 cm³/mol. The molecule has 0 spiro atoms. The van der Waals surface area contributed by atoms with Gasteiger partial charge in [0.1, 0.15) is 6.04 Å². The molecule has 0 bridgehead atoms. The summed E-state index contributed by atoms with van der Waals surface area (Å²) >= 11 is 0. The van der Waals surface area contributed by atoms with Crippen LogP contribution in [0.1, 0.15) is 18.7 Å². The summed E-state index contributed by atoms with van der Waals surface area (Å²) in [5, 5.41) is 2.77. The minimum atomic E-state index is -0.307. The van der Waals surface area contributed by atoms with Gasteiger partial charge in [0.2, 0.25) is 5.91 Å². The van der Waals surface area contributed by atoms with E-state index in [0.29, 0.717) is 19.7 Å². The fourth-order valence-electron chi connectivity index (χ4n) is 1.39. The molecule has 1 aromatic rings. The van der Waals surface area contributed by atoms with Crippen molar-refractivity contribution in [3.63, 3.8) is 0 Å². The maximum Gasteiger partial charge on any atom is 0.242 e. The lowest BCUT2D eigenvalue weighted by atomic mass is 10.3. The highest BCUT2D eigenvalue weighted by molar-refractivity contribution is 5.79. The predicted octanol–water partition coefficient (Wildman–Crippen LogP) is -0.335. The molecule has 0 fully saturated rings. The molecule has 0 radical (unpaired) electrons. The summed E-state index contributed by atoms with van der Waals surface area (Å²) < 4.78 is 6.62. The molecular weight excluding hydrogens is 208 g/mol. The van der Waals surface area contributed by atoms with Crippen molar-refractivity contribution >= 4 is 5.91 Å². The van der Waals surface area contributed by atoms with Crippen molar-refractivity contribution in [1.29, 1.82) is 0 Å². The Kier molecular flexibility index (Phi) is 4.94. The van der Waals surface area contributed by atoms with E-state index in [1.54, 1.807) is 24.2 Å². The molecule has 0 aliphatic carbocycles. The molecule has 1 heterocycles. The van der Waals surface area contributed by atoms with E-state index in [2.05, 4.69) is 10.3 Å². The second-order valence-electron chi connectivity index (χ2n) is 3.46. The Balaban J connectivity index is 2.56. The summed E-state index contributed by atoms with van der Waals surface area (Å²) in [7, 11) is 1.60. The third kappa shape index (κ3) is 3.04. The number of imidazole rings is 1. The van der Waals surface area contributed by atoms with Gasteiger partial charge in [-0.2, -0.15) is 0 Å². The SMILES string of the molecule is COCCNC(=O)C(C)n1cncc1CN. The van der Waals surface area contributed by atoms with Gasteiger partial charge in [-0.3, -0.25) is 4.79 Å². The summed E-state index contributed by atoms with van der Waals surface area (Å²) in [5.74, 6) is -0.0650. The zero-order chi connectivity index (χ0) is 12.0. The summed E-state index contributed by atoms with van der Waals surface area (Å²) in [6.45, 7) is 3.19. The van der Waals surface area contributed by atoms with E-state index in [-0.39, 0.29) is 11.9 Å². The van der Waals surface area contributed by atoms with Crippen LogP contribution in [0.25, 0.3) is 0 Å². The molecule has 1 atom stereocenters. The molecule has 1 amide bonds. The molecule has 0 aliphatic heterocycles. The van der Waals surface area contributed by atoms with E-state index in [1.165, 1.54) is 0 Å². The van der Waals surface area contributed by atoms with Crippen LogP contribution in [0.5, 0.6) is 0 Å². The first-order valence-electron chi connectivity index (χ1n) is 5.18. The van der Waals surface area contributed by atoms with Gasteiger partial charge in [0.15, 0.2) is 0 Å². The van der Waals surface area contributed by atoms with Crippen molar-refractivity contribution in [3.05, 3.63) is 18.2 Å². The van der Waals surface area contributed by atoms with Gasteiger partial charge in [-0.25, -0.2) is 4.98 Å². The summed E-state index contributed by atoms with van der Waals surface area (Å²) in [5.41, 5.74) is 6.38. The number of rotatable bonds is 6. The molecule has 6 nitrogen and oxygen atoms in total. The van der Waals surface area contributed by atoms with E-state index < -0.39 is 0 Å². The molecule has 90 valence electrons. The fourth-order valence-corrected chi connectivity index (χ4v) is 1.39. The number of carbonyl (C=O) groups is 1. The first kappa shape index (κ1) is 12.7. The van der Waals surface area contributed by atoms with Crippen LogP contribution in [0, 0.1) is 0 Å². The number of carbonyl (C=O) groups excluding carboxylic acids is 1. The largest absolute Gasteiger partial charge is 0.383 e. The van der Waals surface area contributed by atoms with E-state index >= 15 is 0 Å². The maximum atomic E-state index is 11.7. The molecule has 0 aromatic carbocycles. The third-order valence-electron chi connectivity index (χ3n) is 2.36. The van der Waals surface area contributed by atoms with Crippen molar-refractivity contribution in [2.75, 3.05) is 20.3 Å². The van der Waals surface area contributed by atoms with Crippen LogP contribution in [-0.2, 0) is 16.1 Å². The van der Waals surface area contributed by atoms with Crippen molar-refractivity contribution in [3.8, 4) is 0 Å². The summed E-state index contributed by atoms with van der Waals surface area (Å²) in [6, 6.07) is -0.307. The van der Waals surface area contributed by atoms with Crippen LogP contribution < -0.4 is 11.1 Å². The Hall–Kier alpha value is -1.40. The summed E-state index contributed by atoms with van der Waals surface area (Å²) in [6.07, 6.45) is 3.28. The minimum Gasteiger partial charge on any atom is -0.383 e. The van der Waals surface area contributed by atoms with Crippen LogP contribution in [0.2, 0.25) is 0 Å². The van der Waals surface area contributed by atoms with Gasteiger partial charge in [0.25, 0.3) is 0 Å². The highest BCUT2D eigenvalue weighted by Gasteiger charge is 2.16. The number of hydrogen-bond acceptors (Lipinski definition) is 4. The molecule has 0 saturated heterocycles. The lowest BCUT2D eigenvalue weighted by Crippen LogP contribution is -2.33. The van der Waals surface area contributed by atoms with Crippen molar-refractivity contribution in [2.45, 2.75) is 19.5 Å². The molecule has 3 N–H and O–H groups in total. The van der Waals surface area contributed by atoms with Crippen LogP contribution in [0.15, 0.2) is 12.5 Å². The number of hydrogen-bond donors (Lipinski definition) is 2. The topological polar surface area (TPSA) is 82.2 Å². The average Bonchev–Trinajstić information content (AvgIpc) is 2.76. The molecule has 16 heavy (non-hydrogen) atoms. The van der Waals surface area contributed by atoms with Gasteiger partial charge < -0.3 is 20.4 Å². The van der Waals surface area contributed by atoms with Crippen molar-refractivity contribution < 1.29 is 9.53 Å². The van der Waals surface area contributed by atoms with Gasteiger partial charge in [-0.1, -0.05) is 0 Å². The number of nitrogens with two attached hydrogens (primary N) is 1. The second kappa shape index (κ2) is 6.24. The standard InChI is InChI=1S/C10H18N4O2/c1-8(10(15)13-3-4-16-2)14-7-12-6-9(14)5-11/h6-8H,3-5,11H2,1-2H3,(H,13,15). The van der Waals surface area contributed by atoms with Crippen LogP contribution >= 0.6 is 0 Å². The molecule has 0 saturated carbocycles. The molecule has 0 aliphatic rings. The second-order valence-corrected chi connectivity index (χ2v) is 3.46. The van der Waals surface area contributed by atoms with Crippen molar-refractivity contribution in [1.82, 2.24) is 14.9 Å². The molecule has 1 rings (SSSR count). The van der Waals surface area contributed by atoms with Gasteiger partial charge in [-0.15, -0.1) is 0 Å². The van der Waals surface area contributed by atoms with Gasteiger partial charge in [0.05, 0.1) is 18.6 Å². The maximum absolute atomic E-state index is 11.7. The third-order valence-corrected chi connectivity index (χ3v) is 2.36. The average molecular weight is 226 g/mol. The Bertz CT molecular complexity index is 337. The number of nitrogens with one attached hydrogen (secondary N) is 1. The van der Waals surface area contributed by atoms with Crippen LogP contribution in [0.4, 0.5) is 0 Å².